The molecule has 0 aliphatic heterocycles. The van der Waals surface area contributed by atoms with Crippen molar-refractivity contribution in [2.75, 3.05) is 19.6 Å². The lowest BCUT2D eigenvalue weighted by molar-refractivity contribution is 0.272. The van der Waals surface area contributed by atoms with E-state index in [-0.39, 0.29) is 0 Å². The lowest BCUT2D eigenvalue weighted by Crippen LogP contribution is -2.34. The Labute approximate surface area is 118 Å². The molecule has 0 radical (unpaired) electrons. The van der Waals surface area contributed by atoms with E-state index in [2.05, 4.69) is 23.2 Å². The molecule has 0 aromatic carbocycles. The molecular formula is C14H21ClN2S. The van der Waals surface area contributed by atoms with Crippen molar-refractivity contribution in [2.45, 2.75) is 44.7 Å². The van der Waals surface area contributed by atoms with Gasteiger partial charge in [0.2, 0.25) is 0 Å². The van der Waals surface area contributed by atoms with Crippen molar-refractivity contribution in [2.24, 2.45) is 0 Å². The third kappa shape index (κ3) is 2.74. The van der Waals surface area contributed by atoms with Crippen LogP contribution in [0.2, 0.25) is 4.34 Å². The van der Waals surface area contributed by atoms with Crippen LogP contribution in [0.4, 0.5) is 0 Å². The molecule has 0 spiro atoms. The number of likely N-dealkylation sites (N-methyl/N-ethyl adjacent to an activating group) is 1. The maximum Gasteiger partial charge on any atom is 0.0934 e. The van der Waals surface area contributed by atoms with Crippen LogP contribution < -0.4 is 5.32 Å². The van der Waals surface area contributed by atoms with E-state index in [4.69, 9.17) is 11.6 Å². The zero-order valence-electron chi connectivity index (χ0n) is 10.9. The van der Waals surface area contributed by atoms with Gasteiger partial charge in [-0.05, 0) is 43.9 Å². The van der Waals surface area contributed by atoms with Crippen molar-refractivity contribution in [1.29, 1.82) is 0 Å². The zero-order valence-corrected chi connectivity index (χ0v) is 12.5. The van der Waals surface area contributed by atoms with Crippen LogP contribution in [-0.2, 0) is 6.42 Å². The molecule has 0 bridgehead atoms. The van der Waals surface area contributed by atoms with Crippen LogP contribution in [0.25, 0.3) is 0 Å². The third-order valence-corrected chi connectivity index (χ3v) is 5.45. The summed E-state index contributed by atoms with van der Waals surface area (Å²) in [6.45, 7) is 5.74. The summed E-state index contributed by atoms with van der Waals surface area (Å²) < 4.78 is 0.944. The standard InChI is InChI=1S/C14H21ClN2S/c1-2-17(10-3-4-10)8-7-16-12-5-6-13-11(12)9-14(15)18-13/h9-10,12,16H,2-8H2,1H3. The van der Waals surface area contributed by atoms with Gasteiger partial charge >= 0.3 is 0 Å². The third-order valence-electron chi connectivity index (χ3n) is 4.11. The first-order valence-corrected chi connectivity index (χ1v) is 8.23. The topological polar surface area (TPSA) is 15.3 Å². The summed E-state index contributed by atoms with van der Waals surface area (Å²) in [4.78, 5) is 4.09. The molecular weight excluding hydrogens is 264 g/mol. The Morgan fingerprint density at radius 3 is 3.00 bits per heavy atom. The molecule has 1 N–H and O–H groups in total. The van der Waals surface area contributed by atoms with E-state index in [1.165, 1.54) is 49.2 Å². The van der Waals surface area contributed by atoms with Crippen LogP contribution >= 0.6 is 22.9 Å². The van der Waals surface area contributed by atoms with E-state index in [0.29, 0.717) is 6.04 Å². The quantitative estimate of drug-likeness (QED) is 0.861. The molecule has 18 heavy (non-hydrogen) atoms. The minimum absolute atomic E-state index is 0.543. The summed E-state index contributed by atoms with van der Waals surface area (Å²) in [5.74, 6) is 0. The number of thiophene rings is 1. The van der Waals surface area contributed by atoms with Gasteiger partial charge in [0, 0.05) is 30.1 Å². The maximum atomic E-state index is 6.08. The first-order valence-electron chi connectivity index (χ1n) is 7.03. The second-order valence-electron chi connectivity index (χ2n) is 5.33. The highest BCUT2D eigenvalue weighted by Crippen LogP contribution is 2.39. The Balaban J connectivity index is 1.49. The van der Waals surface area contributed by atoms with E-state index in [9.17, 15) is 0 Å². The van der Waals surface area contributed by atoms with Crippen LogP contribution in [-0.4, -0.2) is 30.6 Å². The summed E-state index contributed by atoms with van der Waals surface area (Å²) in [7, 11) is 0. The van der Waals surface area contributed by atoms with Gasteiger partial charge in [0.1, 0.15) is 0 Å². The first-order chi connectivity index (χ1) is 8.78. The summed E-state index contributed by atoms with van der Waals surface area (Å²) in [6, 6.07) is 3.58. The SMILES string of the molecule is CCN(CCNC1CCc2sc(Cl)cc21)C1CC1. The fourth-order valence-corrected chi connectivity index (χ4v) is 4.32. The van der Waals surface area contributed by atoms with Gasteiger partial charge in [-0.15, -0.1) is 11.3 Å². The van der Waals surface area contributed by atoms with Gasteiger partial charge in [-0.3, -0.25) is 4.90 Å². The van der Waals surface area contributed by atoms with Gasteiger partial charge in [-0.25, -0.2) is 0 Å². The normalized spacial score (nSPS) is 22.7. The second kappa shape index (κ2) is 5.49. The lowest BCUT2D eigenvalue weighted by Gasteiger charge is -2.21. The fourth-order valence-electron chi connectivity index (χ4n) is 2.96. The number of nitrogens with one attached hydrogen (secondary N) is 1. The zero-order chi connectivity index (χ0) is 12.5. The van der Waals surface area contributed by atoms with E-state index in [1.54, 1.807) is 11.3 Å². The molecule has 3 rings (SSSR count). The predicted octanol–water partition coefficient (Wildman–Crippen LogP) is 3.46. The Morgan fingerprint density at radius 1 is 1.44 bits per heavy atom. The molecule has 4 heteroatoms. The molecule has 100 valence electrons. The molecule has 2 aliphatic carbocycles. The van der Waals surface area contributed by atoms with Gasteiger partial charge in [0.25, 0.3) is 0 Å². The van der Waals surface area contributed by atoms with E-state index in [1.807, 2.05) is 0 Å². The molecule has 1 saturated carbocycles. The van der Waals surface area contributed by atoms with Crippen molar-refractivity contribution in [3.63, 3.8) is 0 Å². The molecule has 1 fully saturated rings. The maximum absolute atomic E-state index is 6.08. The largest absolute Gasteiger partial charge is 0.309 e. The molecule has 0 saturated heterocycles. The summed E-state index contributed by atoms with van der Waals surface area (Å²) in [6.07, 6.45) is 5.25. The Hall–Kier alpha value is -0.0900. The molecule has 2 nitrogen and oxygen atoms in total. The average Bonchev–Trinajstić information content (AvgIpc) is 3.03. The fraction of sp³-hybridized carbons (Fsp3) is 0.714. The molecule has 1 heterocycles. The number of hydrogen-bond donors (Lipinski definition) is 1. The highest BCUT2D eigenvalue weighted by Gasteiger charge is 2.28. The van der Waals surface area contributed by atoms with Crippen LogP contribution in [0.5, 0.6) is 0 Å². The van der Waals surface area contributed by atoms with Crippen LogP contribution in [0.15, 0.2) is 6.07 Å². The number of halogens is 1. The van der Waals surface area contributed by atoms with Crippen molar-refractivity contribution < 1.29 is 0 Å². The molecule has 0 amide bonds. The monoisotopic (exact) mass is 284 g/mol. The minimum atomic E-state index is 0.543. The summed E-state index contributed by atoms with van der Waals surface area (Å²) in [5.41, 5.74) is 1.46. The summed E-state index contributed by atoms with van der Waals surface area (Å²) >= 11 is 7.84. The Bertz CT molecular complexity index is 414. The first kappa shape index (κ1) is 12.9. The number of fused-ring (bicyclic) bond motifs is 1. The lowest BCUT2D eigenvalue weighted by atomic mass is 10.2. The van der Waals surface area contributed by atoms with E-state index in [0.717, 1.165) is 16.9 Å². The van der Waals surface area contributed by atoms with Crippen molar-refractivity contribution in [1.82, 2.24) is 10.2 Å². The number of nitrogens with zero attached hydrogens (tertiary/aromatic N) is 1. The van der Waals surface area contributed by atoms with Crippen molar-refractivity contribution in [3.05, 3.63) is 20.8 Å². The second-order valence-corrected chi connectivity index (χ2v) is 7.10. The molecule has 1 aromatic heterocycles. The Kier molecular flexibility index (Phi) is 3.94. The minimum Gasteiger partial charge on any atom is -0.309 e. The molecule has 1 atom stereocenters. The van der Waals surface area contributed by atoms with Gasteiger partial charge < -0.3 is 5.32 Å². The Morgan fingerprint density at radius 2 is 2.28 bits per heavy atom. The van der Waals surface area contributed by atoms with Gasteiger partial charge in [0.15, 0.2) is 0 Å². The van der Waals surface area contributed by atoms with Crippen LogP contribution in [0.1, 0.15) is 42.7 Å². The summed E-state index contributed by atoms with van der Waals surface area (Å²) in [5, 5.41) is 3.70. The predicted molar refractivity (Wildman–Crippen MR) is 78.7 cm³/mol. The van der Waals surface area contributed by atoms with Gasteiger partial charge in [-0.1, -0.05) is 18.5 Å². The number of hydrogen-bond acceptors (Lipinski definition) is 3. The average molecular weight is 285 g/mol. The van der Waals surface area contributed by atoms with Gasteiger partial charge in [0.05, 0.1) is 4.34 Å². The van der Waals surface area contributed by atoms with Crippen LogP contribution in [0.3, 0.4) is 0 Å². The van der Waals surface area contributed by atoms with E-state index < -0.39 is 0 Å². The van der Waals surface area contributed by atoms with Gasteiger partial charge in [-0.2, -0.15) is 0 Å². The highest BCUT2D eigenvalue weighted by molar-refractivity contribution is 7.16. The molecule has 1 aromatic rings. The molecule has 2 aliphatic rings. The highest BCUT2D eigenvalue weighted by atomic mass is 35.5. The van der Waals surface area contributed by atoms with Crippen LogP contribution in [0, 0.1) is 0 Å². The smallest absolute Gasteiger partial charge is 0.0934 e. The number of aryl methyl sites for hydroxylation is 1. The van der Waals surface area contributed by atoms with Crippen molar-refractivity contribution in [3.8, 4) is 0 Å². The van der Waals surface area contributed by atoms with E-state index >= 15 is 0 Å². The molecule has 1 unspecified atom stereocenters. The van der Waals surface area contributed by atoms with Crippen molar-refractivity contribution >= 4 is 22.9 Å². The number of rotatable bonds is 6.